The van der Waals surface area contributed by atoms with Gasteiger partial charge in [0.2, 0.25) is 15.8 Å². The Morgan fingerprint density at radius 2 is 2.05 bits per heavy atom. The van der Waals surface area contributed by atoms with Gasteiger partial charge in [-0.3, -0.25) is 0 Å². The highest BCUT2D eigenvalue weighted by Crippen LogP contribution is 2.23. The molecule has 0 spiro atoms. The molecule has 1 aliphatic heterocycles. The van der Waals surface area contributed by atoms with Gasteiger partial charge in [0.15, 0.2) is 0 Å². The fourth-order valence-corrected chi connectivity index (χ4v) is 2.59. The summed E-state index contributed by atoms with van der Waals surface area (Å²) >= 11 is 0. The van der Waals surface area contributed by atoms with Gasteiger partial charge >= 0.3 is 5.97 Å². The third-order valence-corrected chi connectivity index (χ3v) is 3.49. The van der Waals surface area contributed by atoms with Crippen LogP contribution in [0.15, 0.2) is 11.8 Å². The van der Waals surface area contributed by atoms with Crippen molar-refractivity contribution in [3.8, 4) is 0 Å². The van der Waals surface area contributed by atoms with Crippen LogP contribution in [0.1, 0.15) is 0 Å². The first-order chi connectivity index (χ1) is 9.56. The number of carbonyl (C=O) groups is 1. The second kappa shape index (κ2) is 6.68. The van der Waals surface area contributed by atoms with Crippen molar-refractivity contribution in [2.45, 2.75) is 30.5 Å². The number of aliphatic hydroxyl groups excluding tert-OH is 4. The molecule has 1 heterocycles. The lowest BCUT2D eigenvalue weighted by molar-refractivity contribution is -0.147. The van der Waals surface area contributed by atoms with E-state index in [9.17, 15) is 28.5 Å². The van der Waals surface area contributed by atoms with Gasteiger partial charge in [-0.2, -0.15) is 0 Å². The Balaban J connectivity index is 3.13. The minimum absolute atomic E-state index is 0.705. The minimum atomic E-state index is -3.82. The summed E-state index contributed by atoms with van der Waals surface area (Å²) < 4.78 is 29.4. The molecule has 0 fully saturated rings. The van der Waals surface area contributed by atoms with E-state index in [0.717, 1.165) is 12.3 Å². The maximum Gasteiger partial charge on any atom is 0.370 e. The van der Waals surface area contributed by atoms with Crippen molar-refractivity contribution in [3.05, 3.63) is 11.8 Å². The molecule has 0 saturated heterocycles. The molecule has 122 valence electrons. The first-order valence-corrected chi connectivity index (χ1v) is 7.70. The first-order valence-electron chi connectivity index (χ1n) is 5.81. The number of hydrogen-bond acceptors (Lipinski definition) is 8. The number of rotatable bonds is 6. The Hall–Kier alpha value is -1.24. The van der Waals surface area contributed by atoms with E-state index in [2.05, 4.69) is 0 Å². The molecule has 1 aliphatic rings. The Bertz CT molecular complexity index is 517. The molecular formula is C10H17NO9S. The third kappa shape index (κ3) is 4.62. The number of ether oxygens (including phenoxy) is 1. The molecule has 11 heteroatoms. The molecule has 0 aliphatic carbocycles. The van der Waals surface area contributed by atoms with Crippen LogP contribution in [0.5, 0.6) is 0 Å². The zero-order chi connectivity index (χ0) is 16.4. The van der Waals surface area contributed by atoms with Gasteiger partial charge in [0.1, 0.15) is 18.3 Å². The van der Waals surface area contributed by atoms with E-state index < -0.39 is 58.8 Å². The van der Waals surface area contributed by atoms with Crippen LogP contribution < -0.4 is 4.72 Å². The van der Waals surface area contributed by atoms with Gasteiger partial charge in [-0.15, -0.1) is 0 Å². The summed E-state index contributed by atoms with van der Waals surface area (Å²) in [5.74, 6) is -2.24. The highest BCUT2D eigenvalue weighted by molar-refractivity contribution is 7.88. The van der Waals surface area contributed by atoms with Gasteiger partial charge in [-0.1, -0.05) is 0 Å². The van der Waals surface area contributed by atoms with Gasteiger partial charge in [-0.25, -0.2) is 17.9 Å². The summed E-state index contributed by atoms with van der Waals surface area (Å²) in [6.07, 6.45) is -5.19. The lowest BCUT2D eigenvalue weighted by Gasteiger charge is -2.37. The van der Waals surface area contributed by atoms with Crippen LogP contribution in [0, 0.1) is 0 Å². The number of hydrogen-bond donors (Lipinski definition) is 6. The van der Waals surface area contributed by atoms with Crippen molar-refractivity contribution in [1.82, 2.24) is 4.72 Å². The second-order valence-corrected chi connectivity index (χ2v) is 6.35. The topological polar surface area (TPSA) is 174 Å². The summed E-state index contributed by atoms with van der Waals surface area (Å²) in [4.78, 5) is 10.9. The van der Waals surface area contributed by atoms with Gasteiger partial charge in [0, 0.05) is 0 Å². The van der Waals surface area contributed by atoms with Crippen molar-refractivity contribution in [1.29, 1.82) is 0 Å². The fourth-order valence-electron chi connectivity index (χ4n) is 1.83. The van der Waals surface area contributed by atoms with Crippen LogP contribution in [0.25, 0.3) is 0 Å². The van der Waals surface area contributed by atoms with Crippen LogP contribution in [0.3, 0.4) is 0 Å². The maximum absolute atomic E-state index is 11.3. The predicted molar refractivity (Wildman–Crippen MR) is 67.5 cm³/mol. The highest BCUT2D eigenvalue weighted by Gasteiger charge is 2.43. The molecule has 0 amide bonds. The number of sulfonamides is 1. The van der Waals surface area contributed by atoms with Crippen LogP contribution in [0.2, 0.25) is 0 Å². The average molecular weight is 327 g/mol. The number of carboxylic acid groups (broad SMARTS) is 1. The molecule has 21 heavy (non-hydrogen) atoms. The van der Waals surface area contributed by atoms with Gasteiger partial charge in [0.25, 0.3) is 0 Å². The molecule has 5 atom stereocenters. The molecule has 0 saturated carbocycles. The van der Waals surface area contributed by atoms with E-state index in [1.807, 2.05) is 4.72 Å². The molecule has 0 unspecified atom stereocenters. The van der Waals surface area contributed by atoms with Gasteiger partial charge in [-0.05, 0) is 6.08 Å². The Labute approximate surface area is 120 Å². The molecule has 6 N–H and O–H groups in total. The molecule has 0 aromatic rings. The SMILES string of the molecule is CS(=O)(=O)N[C@H]1[C@H]([C@H](O)[C@H](O)CO)OC(C(=O)O)=C[C@@H]1O. The summed E-state index contributed by atoms with van der Waals surface area (Å²) in [7, 11) is -3.82. The van der Waals surface area contributed by atoms with Gasteiger partial charge in [0.05, 0.1) is 25.0 Å². The fraction of sp³-hybridized carbons (Fsp3) is 0.700. The Morgan fingerprint density at radius 1 is 1.48 bits per heavy atom. The number of carboxylic acids is 1. The minimum Gasteiger partial charge on any atom is -0.479 e. The van der Waals surface area contributed by atoms with E-state index >= 15 is 0 Å². The zero-order valence-electron chi connectivity index (χ0n) is 10.9. The number of nitrogens with one attached hydrogen (secondary N) is 1. The largest absolute Gasteiger partial charge is 0.479 e. The van der Waals surface area contributed by atoms with Gasteiger partial charge < -0.3 is 30.3 Å². The predicted octanol–water partition coefficient (Wildman–Crippen LogP) is -3.65. The van der Waals surface area contributed by atoms with Crippen LogP contribution in [-0.4, -0.2) is 83.2 Å². The lowest BCUT2D eigenvalue weighted by atomic mass is 9.95. The molecule has 10 nitrogen and oxygen atoms in total. The molecule has 0 aromatic heterocycles. The van der Waals surface area contributed by atoms with Crippen LogP contribution in [0.4, 0.5) is 0 Å². The normalized spacial score (nSPS) is 29.2. The first kappa shape index (κ1) is 17.8. The maximum atomic E-state index is 11.3. The highest BCUT2D eigenvalue weighted by atomic mass is 32.2. The summed E-state index contributed by atoms with van der Waals surface area (Å²) in [5, 5.41) is 46.7. The van der Waals surface area contributed by atoms with E-state index in [1.54, 1.807) is 0 Å². The second-order valence-electron chi connectivity index (χ2n) is 4.57. The van der Waals surface area contributed by atoms with Crippen molar-refractivity contribution < 1.29 is 43.5 Å². The smallest absolute Gasteiger partial charge is 0.370 e. The van der Waals surface area contributed by atoms with E-state index in [1.165, 1.54) is 0 Å². The van der Waals surface area contributed by atoms with Crippen molar-refractivity contribution in [3.63, 3.8) is 0 Å². The van der Waals surface area contributed by atoms with E-state index in [-0.39, 0.29) is 0 Å². The zero-order valence-corrected chi connectivity index (χ0v) is 11.8. The van der Waals surface area contributed by atoms with E-state index in [0.29, 0.717) is 0 Å². The van der Waals surface area contributed by atoms with Crippen molar-refractivity contribution in [2.75, 3.05) is 12.9 Å². The quantitative estimate of drug-likeness (QED) is 0.287. The summed E-state index contributed by atoms with van der Waals surface area (Å²) in [6.45, 7) is -0.866. The van der Waals surface area contributed by atoms with Crippen molar-refractivity contribution in [2.24, 2.45) is 0 Å². The lowest BCUT2D eigenvalue weighted by Crippen LogP contribution is -2.59. The summed E-state index contributed by atoms with van der Waals surface area (Å²) in [5.41, 5.74) is 0. The van der Waals surface area contributed by atoms with E-state index in [4.69, 9.17) is 14.9 Å². The molecule has 0 bridgehead atoms. The number of aliphatic carboxylic acids is 1. The molecule has 0 aromatic carbocycles. The average Bonchev–Trinajstić information content (AvgIpc) is 2.37. The number of aliphatic hydroxyl groups is 4. The third-order valence-electron chi connectivity index (χ3n) is 2.79. The Morgan fingerprint density at radius 3 is 2.48 bits per heavy atom. The Kier molecular flexibility index (Phi) is 5.67. The molecule has 1 rings (SSSR count). The molecular weight excluding hydrogens is 310 g/mol. The van der Waals surface area contributed by atoms with Crippen molar-refractivity contribution >= 4 is 16.0 Å². The summed E-state index contributed by atoms with van der Waals surface area (Å²) in [6, 6.07) is -1.43. The van der Waals surface area contributed by atoms with Crippen LogP contribution in [-0.2, 0) is 19.6 Å². The van der Waals surface area contributed by atoms with Crippen LogP contribution >= 0.6 is 0 Å². The monoisotopic (exact) mass is 327 g/mol. The standard InChI is InChI=1S/C10H17NO9S/c1-21(18,19)11-7-4(13)2-6(10(16)17)20-9(7)8(15)5(14)3-12/h2,4-5,7-9,11-15H,3H2,1H3,(H,16,17)/t4-,5+,7+,8+,9+/m0/s1. The molecule has 0 radical (unpaired) electrons.